The van der Waals surface area contributed by atoms with Crippen molar-refractivity contribution in [1.82, 2.24) is 0 Å². The number of carbonyl (C=O) groups is 2. The van der Waals surface area contributed by atoms with Gasteiger partial charge in [-0.1, -0.05) is 38.3 Å². The Hall–Kier alpha value is -1.36. The summed E-state index contributed by atoms with van der Waals surface area (Å²) in [6.07, 6.45) is 7.66. The lowest BCUT2D eigenvalue weighted by molar-refractivity contribution is -0.149. The highest BCUT2D eigenvalue weighted by Gasteiger charge is 2.50. The molecule has 22 heavy (non-hydrogen) atoms. The summed E-state index contributed by atoms with van der Waals surface area (Å²) in [6, 6.07) is 0. The SMILES string of the molecule is CCCCC[C@H](O)C=C[C@@H]1[C@H]2CC(=O)O[C@H]2C[C@H]1OC(C)=O. The lowest BCUT2D eigenvalue weighted by Crippen LogP contribution is -2.23. The third kappa shape index (κ3) is 4.32. The van der Waals surface area contributed by atoms with Gasteiger partial charge in [-0.05, 0) is 6.42 Å². The van der Waals surface area contributed by atoms with Crippen LogP contribution in [-0.4, -0.2) is 35.4 Å². The summed E-state index contributed by atoms with van der Waals surface area (Å²) in [4.78, 5) is 22.7. The van der Waals surface area contributed by atoms with Gasteiger partial charge in [0.1, 0.15) is 12.2 Å². The zero-order valence-corrected chi connectivity index (χ0v) is 13.4. The van der Waals surface area contributed by atoms with Crippen molar-refractivity contribution in [2.45, 2.75) is 70.7 Å². The van der Waals surface area contributed by atoms with Gasteiger partial charge in [0, 0.05) is 25.2 Å². The Bertz CT molecular complexity index is 431. The molecule has 2 aliphatic rings. The van der Waals surface area contributed by atoms with E-state index in [4.69, 9.17) is 9.47 Å². The van der Waals surface area contributed by atoms with E-state index in [0.29, 0.717) is 12.8 Å². The quantitative estimate of drug-likeness (QED) is 0.444. The normalized spacial score (nSPS) is 32.0. The summed E-state index contributed by atoms with van der Waals surface area (Å²) in [7, 11) is 0. The summed E-state index contributed by atoms with van der Waals surface area (Å²) >= 11 is 0. The largest absolute Gasteiger partial charge is 0.462 e. The fourth-order valence-electron chi connectivity index (χ4n) is 3.46. The van der Waals surface area contributed by atoms with Crippen molar-refractivity contribution >= 4 is 11.9 Å². The Labute approximate surface area is 131 Å². The Balaban J connectivity index is 1.97. The minimum atomic E-state index is -0.485. The molecule has 0 unspecified atom stereocenters. The second kappa shape index (κ2) is 7.77. The topological polar surface area (TPSA) is 72.8 Å². The molecule has 0 spiro atoms. The molecule has 1 saturated heterocycles. The average Bonchev–Trinajstić information content (AvgIpc) is 2.92. The van der Waals surface area contributed by atoms with E-state index >= 15 is 0 Å². The first-order chi connectivity index (χ1) is 10.5. The van der Waals surface area contributed by atoms with Crippen LogP contribution in [-0.2, 0) is 19.1 Å². The molecule has 0 radical (unpaired) electrons. The molecular formula is C17H26O5. The Kier molecular flexibility index (Phi) is 6.00. The van der Waals surface area contributed by atoms with Crippen LogP contribution in [0.15, 0.2) is 12.2 Å². The van der Waals surface area contributed by atoms with E-state index in [1.807, 2.05) is 6.08 Å². The molecule has 1 heterocycles. The number of aliphatic hydroxyl groups excluding tert-OH is 1. The molecule has 1 aliphatic carbocycles. The molecule has 0 aromatic rings. The van der Waals surface area contributed by atoms with Crippen LogP contribution in [0.25, 0.3) is 0 Å². The molecule has 1 aliphatic heterocycles. The molecular weight excluding hydrogens is 284 g/mol. The standard InChI is InChI=1S/C17H26O5/c1-3-4-5-6-12(19)7-8-13-14-9-17(20)22-16(14)10-15(13)21-11(2)18/h7-8,12-16,19H,3-6,9-10H2,1-2H3/t12-,13+,14+,15+,16-/m0/s1. The number of hydrogen-bond donors (Lipinski definition) is 1. The molecule has 0 aromatic carbocycles. The minimum Gasteiger partial charge on any atom is -0.462 e. The number of aliphatic hydroxyl groups is 1. The van der Waals surface area contributed by atoms with Crippen molar-refractivity contribution < 1.29 is 24.2 Å². The minimum absolute atomic E-state index is 0.0518. The van der Waals surface area contributed by atoms with E-state index in [0.717, 1.165) is 25.7 Å². The summed E-state index contributed by atoms with van der Waals surface area (Å²) in [6.45, 7) is 3.52. The molecule has 1 saturated carbocycles. The molecule has 0 aromatic heterocycles. The Morgan fingerprint density at radius 1 is 1.50 bits per heavy atom. The van der Waals surface area contributed by atoms with Gasteiger partial charge in [0.2, 0.25) is 0 Å². The maximum Gasteiger partial charge on any atom is 0.306 e. The van der Waals surface area contributed by atoms with E-state index in [9.17, 15) is 14.7 Å². The molecule has 2 fully saturated rings. The summed E-state index contributed by atoms with van der Waals surface area (Å²) in [5, 5.41) is 10.0. The molecule has 0 bridgehead atoms. The van der Waals surface area contributed by atoms with Gasteiger partial charge >= 0.3 is 11.9 Å². The maximum absolute atomic E-state index is 11.4. The summed E-state index contributed by atoms with van der Waals surface area (Å²) in [5.74, 6) is -0.506. The van der Waals surface area contributed by atoms with Gasteiger partial charge in [-0.15, -0.1) is 0 Å². The van der Waals surface area contributed by atoms with Crippen LogP contribution >= 0.6 is 0 Å². The number of unbranched alkanes of at least 4 members (excludes halogenated alkanes) is 2. The van der Waals surface area contributed by atoms with Crippen molar-refractivity contribution in [3.8, 4) is 0 Å². The zero-order valence-electron chi connectivity index (χ0n) is 13.4. The number of rotatable bonds is 7. The van der Waals surface area contributed by atoms with Gasteiger partial charge in [0.25, 0.3) is 0 Å². The first kappa shape index (κ1) is 17.0. The highest BCUT2D eigenvalue weighted by Crippen LogP contribution is 2.43. The third-order valence-corrected chi connectivity index (χ3v) is 4.53. The van der Waals surface area contributed by atoms with Gasteiger partial charge in [-0.3, -0.25) is 9.59 Å². The third-order valence-electron chi connectivity index (χ3n) is 4.53. The first-order valence-corrected chi connectivity index (χ1v) is 8.24. The summed E-state index contributed by atoms with van der Waals surface area (Å²) in [5.41, 5.74) is 0. The van der Waals surface area contributed by atoms with E-state index in [1.165, 1.54) is 6.92 Å². The molecule has 124 valence electrons. The number of ether oxygens (including phenoxy) is 2. The molecule has 1 N–H and O–H groups in total. The average molecular weight is 310 g/mol. The van der Waals surface area contributed by atoms with Gasteiger partial charge in [0.15, 0.2) is 0 Å². The van der Waals surface area contributed by atoms with Crippen molar-refractivity contribution in [2.24, 2.45) is 11.8 Å². The Morgan fingerprint density at radius 3 is 2.95 bits per heavy atom. The van der Waals surface area contributed by atoms with Gasteiger partial charge in [-0.25, -0.2) is 0 Å². The van der Waals surface area contributed by atoms with Crippen LogP contribution in [0.2, 0.25) is 0 Å². The van der Waals surface area contributed by atoms with E-state index in [-0.39, 0.29) is 36.0 Å². The predicted octanol–water partition coefficient (Wildman–Crippen LogP) is 2.37. The van der Waals surface area contributed by atoms with Crippen LogP contribution in [0.1, 0.15) is 52.4 Å². The predicted molar refractivity (Wildman–Crippen MR) is 80.9 cm³/mol. The summed E-state index contributed by atoms with van der Waals surface area (Å²) < 4.78 is 10.7. The Morgan fingerprint density at radius 2 is 2.27 bits per heavy atom. The molecule has 5 nitrogen and oxygen atoms in total. The van der Waals surface area contributed by atoms with Crippen LogP contribution < -0.4 is 0 Å². The second-order valence-corrected chi connectivity index (χ2v) is 6.31. The van der Waals surface area contributed by atoms with Crippen molar-refractivity contribution in [2.75, 3.05) is 0 Å². The van der Waals surface area contributed by atoms with Crippen molar-refractivity contribution in [3.05, 3.63) is 12.2 Å². The maximum atomic E-state index is 11.4. The smallest absolute Gasteiger partial charge is 0.306 e. The fourth-order valence-corrected chi connectivity index (χ4v) is 3.46. The van der Waals surface area contributed by atoms with Gasteiger partial charge < -0.3 is 14.6 Å². The molecule has 5 heteroatoms. The van der Waals surface area contributed by atoms with Crippen LogP contribution in [0.4, 0.5) is 0 Å². The fraction of sp³-hybridized carbons (Fsp3) is 0.765. The highest BCUT2D eigenvalue weighted by molar-refractivity contribution is 5.72. The lowest BCUT2D eigenvalue weighted by atomic mass is 9.91. The lowest BCUT2D eigenvalue weighted by Gasteiger charge is -2.19. The molecule has 2 rings (SSSR count). The first-order valence-electron chi connectivity index (χ1n) is 8.24. The van der Waals surface area contributed by atoms with E-state index < -0.39 is 6.10 Å². The number of esters is 2. The van der Waals surface area contributed by atoms with Crippen molar-refractivity contribution in [1.29, 1.82) is 0 Å². The van der Waals surface area contributed by atoms with Gasteiger partial charge in [-0.2, -0.15) is 0 Å². The molecule has 0 amide bonds. The van der Waals surface area contributed by atoms with Crippen molar-refractivity contribution in [3.63, 3.8) is 0 Å². The molecule has 5 atom stereocenters. The highest BCUT2D eigenvalue weighted by atomic mass is 16.6. The van der Waals surface area contributed by atoms with Crippen LogP contribution in [0.3, 0.4) is 0 Å². The van der Waals surface area contributed by atoms with Crippen LogP contribution in [0, 0.1) is 11.8 Å². The zero-order chi connectivity index (χ0) is 16.1. The number of carbonyl (C=O) groups excluding carboxylic acids is 2. The van der Waals surface area contributed by atoms with Gasteiger partial charge in [0.05, 0.1) is 12.5 Å². The van der Waals surface area contributed by atoms with E-state index in [2.05, 4.69) is 6.92 Å². The van der Waals surface area contributed by atoms with Crippen LogP contribution in [0.5, 0.6) is 0 Å². The number of hydrogen-bond acceptors (Lipinski definition) is 5. The second-order valence-electron chi connectivity index (χ2n) is 6.31. The monoisotopic (exact) mass is 310 g/mol. The van der Waals surface area contributed by atoms with E-state index in [1.54, 1.807) is 6.08 Å². The number of fused-ring (bicyclic) bond motifs is 1.